The molecule has 3 aromatic rings. The fraction of sp³-hybridized carbons (Fsp3) is 0.0625. The minimum atomic E-state index is -0.538. The third kappa shape index (κ3) is 2.94. The number of pyridine rings is 1. The summed E-state index contributed by atoms with van der Waals surface area (Å²) in [5.41, 5.74) is 1.63. The highest BCUT2D eigenvalue weighted by atomic mass is 35.5. The van der Waals surface area contributed by atoms with Crippen LogP contribution in [0.25, 0.3) is 10.9 Å². The summed E-state index contributed by atoms with van der Waals surface area (Å²) in [5.74, 6) is -0.391. The first kappa shape index (κ1) is 14.1. The molecule has 2 aromatic carbocycles. The molecule has 0 unspecified atom stereocenters. The maximum Gasteiger partial charge on any atom is 0.184 e. The first-order valence-electron chi connectivity index (χ1n) is 6.37. The van der Waals surface area contributed by atoms with Crippen LogP contribution in [0.3, 0.4) is 0 Å². The number of aromatic nitrogens is 1. The molecule has 5 heteroatoms. The van der Waals surface area contributed by atoms with E-state index in [1.165, 1.54) is 0 Å². The lowest BCUT2D eigenvalue weighted by atomic mass is 10.2. The van der Waals surface area contributed by atoms with Crippen molar-refractivity contribution in [2.75, 3.05) is 5.32 Å². The van der Waals surface area contributed by atoms with Crippen molar-refractivity contribution in [3.63, 3.8) is 0 Å². The average Bonchev–Trinajstić information content (AvgIpc) is 2.51. The Morgan fingerprint density at radius 1 is 1.00 bits per heavy atom. The standard InChI is InChI=1S/C16H11Cl2FN2/c17-11-7-5-10(6-8-11)9-20-16-15(19)14(18)12-3-1-2-4-13(12)21-16/h1-8H,9H2,(H,20,21). The van der Waals surface area contributed by atoms with Crippen LogP contribution in [0.1, 0.15) is 5.56 Å². The van der Waals surface area contributed by atoms with E-state index in [4.69, 9.17) is 23.2 Å². The number of hydrogen-bond donors (Lipinski definition) is 1. The molecule has 0 atom stereocenters. The third-order valence-electron chi connectivity index (χ3n) is 3.15. The van der Waals surface area contributed by atoms with Crippen LogP contribution in [-0.4, -0.2) is 4.98 Å². The molecule has 0 radical (unpaired) electrons. The second-order valence-electron chi connectivity index (χ2n) is 4.59. The lowest BCUT2D eigenvalue weighted by Gasteiger charge is -2.10. The topological polar surface area (TPSA) is 24.9 Å². The van der Waals surface area contributed by atoms with Crippen molar-refractivity contribution in [3.05, 3.63) is 70.0 Å². The minimum Gasteiger partial charge on any atom is -0.363 e. The SMILES string of the molecule is Fc1c(NCc2ccc(Cl)cc2)nc2ccccc2c1Cl. The van der Waals surface area contributed by atoms with Crippen molar-refractivity contribution in [3.8, 4) is 0 Å². The molecule has 0 aliphatic rings. The number of nitrogens with one attached hydrogen (secondary N) is 1. The lowest BCUT2D eigenvalue weighted by Crippen LogP contribution is -2.04. The van der Waals surface area contributed by atoms with E-state index in [2.05, 4.69) is 10.3 Å². The van der Waals surface area contributed by atoms with Crippen LogP contribution in [0.2, 0.25) is 10.0 Å². The smallest absolute Gasteiger partial charge is 0.184 e. The highest BCUT2D eigenvalue weighted by molar-refractivity contribution is 6.35. The maximum absolute atomic E-state index is 14.2. The molecule has 2 nitrogen and oxygen atoms in total. The van der Waals surface area contributed by atoms with Gasteiger partial charge in [0.25, 0.3) is 0 Å². The molecule has 0 aliphatic heterocycles. The molecule has 21 heavy (non-hydrogen) atoms. The summed E-state index contributed by atoms with van der Waals surface area (Å²) < 4.78 is 14.2. The number of fused-ring (bicyclic) bond motifs is 1. The van der Waals surface area contributed by atoms with Crippen molar-refractivity contribution in [2.45, 2.75) is 6.54 Å². The largest absolute Gasteiger partial charge is 0.363 e. The quantitative estimate of drug-likeness (QED) is 0.709. The van der Waals surface area contributed by atoms with E-state index in [1.807, 2.05) is 18.2 Å². The Labute approximate surface area is 131 Å². The Morgan fingerprint density at radius 2 is 1.71 bits per heavy atom. The van der Waals surface area contributed by atoms with Gasteiger partial charge in [0.2, 0.25) is 0 Å². The highest BCUT2D eigenvalue weighted by Gasteiger charge is 2.12. The second kappa shape index (κ2) is 5.88. The van der Waals surface area contributed by atoms with E-state index in [9.17, 15) is 4.39 Å². The molecule has 0 spiro atoms. The number of para-hydroxylation sites is 1. The maximum atomic E-state index is 14.2. The fourth-order valence-corrected chi connectivity index (χ4v) is 2.43. The van der Waals surface area contributed by atoms with Crippen molar-refractivity contribution in [2.24, 2.45) is 0 Å². The van der Waals surface area contributed by atoms with Gasteiger partial charge in [-0.15, -0.1) is 0 Å². The normalized spacial score (nSPS) is 10.8. The third-order valence-corrected chi connectivity index (χ3v) is 3.77. The Morgan fingerprint density at radius 3 is 2.48 bits per heavy atom. The van der Waals surface area contributed by atoms with Gasteiger partial charge in [-0.2, -0.15) is 0 Å². The lowest BCUT2D eigenvalue weighted by molar-refractivity contribution is 0.627. The van der Waals surface area contributed by atoms with Gasteiger partial charge in [-0.1, -0.05) is 53.5 Å². The molecule has 106 valence electrons. The first-order valence-corrected chi connectivity index (χ1v) is 7.13. The van der Waals surface area contributed by atoms with Crippen LogP contribution in [0, 0.1) is 5.82 Å². The summed E-state index contributed by atoms with van der Waals surface area (Å²) in [6.07, 6.45) is 0. The number of halogens is 3. The molecule has 0 aliphatic carbocycles. The molecular weight excluding hydrogens is 310 g/mol. The minimum absolute atomic E-state index is 0.0826. The van der Waals surface area contributed by atoms with Crippen LogP contribution in [0.4, 0.5) is 10.2 Å². The fourth-order valence-electron chi connectivity index (χ4n) is 2.05. The van der Waals surface area contributed by atoms with Gasteiger partial charge in [-0.3, -0.25) is 0 Å². The summed E-state index contributed by atoms with van der Waals surface area (Å²) in [7, 11) is 0. The van der Waals surface area contributed by atoms with Gasteiger partial charge < -0.3 is 5.32 Å². The van der Waals surface area contributed by atoms with Crippen molar-refractivity contribution in [1.29, 1.82) is 0 Å². The zero-order chi connectivity index (χ0) is 14.8. The van der Waals surface area contributed by atoms with E-state index in [-0.39, 0.29) is 10.8 Å². The van der Waals surface area contributed by atoms with E-state index in [0.29, 0.717) is 22.5 Å². The Kier molecular flexibility index (Phi) is 3.95. The first-order chi connectivity index (χ1) is 10.1. The Balaban J connectivity index is 1.90. The zero-order valence-electron chi connectivity index (χ0n) is 10.9. The molecule has 0 saturated heterocycles. The summed E-state index contributed by atoms with van der Waals surface area (Å²) in [4.78, 5) is 4.27. The van der Waals surface area contributed by atoms with Crippen LogP contribution < -0.4 is 5.32 Å². The molecule has 1 N–H and O–H groups in total. The summed E-state index contributed by atoms with van der Waals surface area (Å²) in [6.45, 7) is 0.440. The van der Waals surface area contributed by atoms with Gasteiger partial charge in [0.1, 0.15) is 0 Å². The molecule has 3 rings (SSSR count). The number of rotatable bonds is 3. The molecule has 0 amide bonds. The molecule has 1 aromatic heterocycles. The summed E-state index contributed by atoms with van der Waals surface area (Å²) in [5, 5.41) is 4.32. The van der Waals surface area contributed by atoms with Crippen LogP contribution in [-0.2, 0) is 6.54 Å². The van der Waals surface area contributed by atoms with Crippen LogP contribution in [0.5, 0.6) is 0 Å². The number of nitrogens with zero attached hydrogens (tertiary/aromatic N) is 1. The van der Waals surface area contributed by atoms with Gasteiger partial charge in [0, 0.05) is 17.0 Å². The van der Waals surface area contributed by atoms with Gasteiger partial charge in [-0.25, -0.2) is 9.37 Å². The van der Waals surface area contributed by atoms with Gasteiger partial charge in [0.15, 0.2) is 11.6 Å². The highest BCUT2D eigenvalue weighted by Crippen LogP contribution is 2.29. The predicted molar refractivity (Wildman–Crippen MR) is 85.5 cm³/mol. The molecule has 0 saturated carbocycles. The zero-order valence-corrected chi connectivity index (χ0v) is 12.4. The number of hydrogen-bond acceptors (Lipinski definition) is 2. The van der Waals surface area contributed by atoms with E-state index >= 15 is 0 Å². The molecular formula is C16H11Cl2FN2. The summed E-state index contributed by atoms with van der Waals surface area (Å²) >= 11 is 11.9. The van der Waals surface area contributed by atoms with E-state index in [0.717, 1.165) is 5.56 Å². The summed E-state index contributed by atoms with van der Waals surface area (Å²) in [6, 6.07) is 14.5. The average molecular weight is 321 g/mol. The van der Waals surface area contributed by atoms with Crippen LogP contribution in [0.15, 0.2) is 48.5 Å². The van der Waals surface area contributed by atoms with Crippen molar-refractivity contribution < 1.29 is 4.39 Å². The number of benzene rings is 2. The Hall–Kier alpha value is -1.84. The molecule has 1 heterocycles. The Bertz CT molecular complexity index is 788. The van der Waals surface area contributed by atoms with Crippen LogP contribution >= 0.6 is 23.2 Å². The van der Waals surface area contributed by atoms with Gasteiger partial charge >= 0.3 is 0 Å². The van der Waals surface area contributed by atoms with E-state index < -0.39 is 5.82 Å². The van der Waals surface area contributed by atoms with Crippen molar-refractivity contribution in [1.82, 2.24) is 4.98 Å². The number of anilines is 1. The monoisotopic (exact) mass is 320 g/mol. The predicted octanol–water partition coefficient (Wildman–Crippen LogP) is 5.29. The molecule has 0 bridgehead atoms. The van der Waals surface area contributed by atoms with Crippen molar-refractivity contribution >= 4 is 39.9 Å². The molecule has 0 fully saturated rings. The van der Waals surface area contributed by atoms with Gasteiger partial charge in [0.05, 0.1) is 10.5 Å². The van der Waals surface area contributed by atoms with E-state index in [1.54, 1.807) is 30.3 Å². The van der Waals surface area contributed by atoms with Gasteiger partial charge in [-0.05, 0) is 23.8 Å². The second-order valence-corrected chi connectivity index (χ2v) is 5.40.